The molecule has 1 heterocycles. The lowest BCUT2D eigenvalue weighted by atomic mass is 9.91. The number of nitrogens with one attached hydrogen (secondary N) is 1. The molecule has 0 aromatic heterocycles. The van der Waals surface area contributed by atoms with E-state index in [1.807, 2.05) is 12.1 Å². The predicted octanol–water partition coefficient (Wildman–Crippen LogP) is 2.16. The molecular weight excluding hydrogens is 226 g/mol. The average Bonchev–Trinajstić information content (AvgIpc) is 2.39. The van der Waals surface area contributed by atoms with E-state index >= 15 is 0 Å². The molecular formula is C15H23NO2. The van der Waals surface area contributed by atoms with Crippen molar-refractivity contribution in [2.75, 3.05) is 26.3 Å². The highest BCUT2D eigenvalue weighted by Gasteiger charge is 2.22. The van der Waals surface area contributed by atoms with Gasteiger partial charge in [-0.1, -0.05) is 32.0 Å². The first-order valence-corrected chi connectivity index (χ1v) is 6.66. The zero-order valence-electron chi connectivity index (χ0n) is 11.3. The minimum absolute atomic E-state index is 0.0509. The predicted molar refractivity (Wildman–Crippen MR) is 73.0 cm³/mol. The lowest BCUT2D eigenvalue weighted by Gasteiger charge is -2.28. The van der Waals surface area contributed by atoms with Gasteiger partial charge in [-0.05, 0) is 18.1 Å². The van der Waals surface area contributed by atoms with Crippen LogP contribution in [0.3, 0.4) is 0 Å². The molecule has 0 bridgehead atoms. The molecule has 1 atom stereocenters. The highest BCUT2D eigenvalue weighted by atomic mass is 16.5. The third-order valence-corrected chi connectivity index (χ3v) is 3.51. The molecule has 1 aliphatic heterocycles. The molecule has 2 N–H and O–H groups in total. The molecule has 0 saturated carbocycles. The van der Waals surface area contributed by atoms with Crippen molar-refractivity contribution in [1.82, 2.24) is 5.32 Å². The fraction of sp³-hybridized carbons (Fsp3) is 0.600. The Labute approximate surface area is 109 Å². The molecule has 0 aliphatic carbocycles. The SMILES string of the molecule is CC(C)(CO)CNCC1CCOc2ccccc21. The second kappa shape index (κ2) is 5.72. The summed E-state index contributed by atoms with van der Waals surface area (Å²) in [5.74, 6) is 1.54. The van der Waals surface area contributed by atoms with Crippen LogP contribution in [0.5, 0.6) is 5.75 Å². The average molecular weight is 249 g/mol. The summed E-state index contributed by atoms with van der Waals surface area (Å²) in [4.78, 5) is 0. The maximum Gasteiger partial charge on any atom is 0.122 e. The largest absolute Gasteiger partial charge is 0.493 e. The summed E-state index contributed by atoms with van der Waals surface area (Å²) in [5.41, 5.74) is 1.25. The number of aliphatic hydroxyl groups is 1. The van der Waals surface area contributed by atoms with Crippen LogP contribution in [0.25, 0.3) is 0 Å². The van der Waals surface area contributed by atoms with Crippen LogP contribution >= 0.6 is 0 Å². The highest BCUT2D eigenvalue weighted by molar-refractivity contribution is 5.37. The van der Waals surface area contributed by atoms with Crippen molar-refractivity contribution in [3.8, 4) is 5.75 Å². The van der Waals surface area contributed by atoms with Gasteiger partial charge in [0.15, 0.2) is 0 Å². The van der Waals surface area contributed by atoms with Crippen LogP contribution in [0, 0.1) is 5.41 Å². The Balaban J connectivity index is 1.92. The Hall–Kier alpha value is -1.06. The van der Waals surface area contributed by atoms with Crippen LogP contribution < -0.4 is 10.1 Å². The monoisotopic (exact) mass is 249 g/mol. The van der Waals surface area contributed by atoms with E-state index in [1.54, 1.807) is 0 Å². The van der Waals surface area contributed by atoms with E-state index < -0.39 is 0 Å². The van der Waals surface area contributed by atoms with Crippen LogP contribution in [0.4, 0.5) is 0 Å². The minimum Gasteiger partial charge on any atom is -0.493 e. The number of fused-ring (bicyclic) bond motifs is 1. The molecule has 0 radical (unpaired) electrons. The van der Waals surface area contributed by atoms with Gasteiger partial charge < -0.3 is 15.2 Å². The van der Waals surface area contributed by atoms with Crippen LogP contribution in [0.15, 0.2) is 24.3 Å². The third kappa shape index (κ3) is 3.24. The van der Waals surface area contributed by atoms with Crippen molar-refractivity contribution in [1.29, 1.82) is 0 Å². The van der Waals surface area contributed by atoms with Crippen molar-refractivity contribution in [3.63, 3.8) is 0 Å². The lowest BCUT2D eigenvalue weighted by molar-refractivity contribution is 0.155. The second-order valence-corrected chi connectivity index (χ2v) is 5.83. The van der Waals surface area contributed by atoms with Gasteiger partial charge in [-0.3, -0.25) is 0 Å². The standard InChI is InChI=1S/C15H23NO2/c1-15(2,11-17)10-16-9-12-7-8-18-14-6-4-3-5-13(12)14/h3-6,12,16-17H,7-11H2,1-2H3. The Kier molecular flexibility index (Phi) is 4.25. The smallest absolute Gasteiger partial charge is 0.122 e. The molecule has 0 saturated heterocycles. The molecule has 0 spiro atoms. The zero-order valence-corrected chi connectivity index (χ0v) is 11.3. The maximum absolute atomic E-state index is 9.23. The topological polar surface area (TPSA) is 41.5 Å². The van der Waals surface area contributed by atoms with E-state index in [2.05, 4.69) is 31.3 Å². The Morgan fingerprint density at radius 1 is 1.39 bits per heavy atom. The lowest BCUT2D eigenvalue weighted by Crippen LogP contribution is -2.35. The van der Waals surface area contributed by atoms with E-state index in [9.17, 15) is 5.11 Å². The molecule has 3 heteroatoms. The molecule has 18 heavy (non-hydrogen) atoms. The molecule has 1 aromatic carbocycles. The zero-order chi connectivity index (χ0) is 13.0. The first-order chi connectivity index (χ1) is 8.62. The minimum atomic E-state index is -0.0509. The van der Waals surface area contributed by atoms with Crippen molar-refractivity contribution in [2.45, 2.75) is 26.2 Å². The fourth-order valence-corrected chi connectivity index (χ4v) is 2.27. The molecule has 1 unspecified atom stereocenters. The molecule has 0 amide bonds. The summed E-state index contributed by atoms with van der Waals surface area (Å²) in [6, 6.07) is 8.28. The van der Waals surface area contributed by atoms with Crippen LogP contribution in [0.1, 0.15) is 31.7 Å². The van der Waals surface area contributed by atoms with E-state index in [0.29, 0.717) is 5.92 Å². The number of para-hydroxylation sites is 1. The first kappa shape index (κ1) is 13.4. The summed E-state index contributed by atoms with van der Waals surface area (Å²) in [6.07, 6.45) is 1.06. The Morgan fingerprint density at radius 2 is 2.17 bits per heavy atom. The van der Waals surface area contributed by atoms with Crippen molar-refractivity contribution < 1.29 is 9.84 Å². The van der Waals surface area contributed by atoms with Crippen LogP contribution in [0.2, 0.25) is 0 Å². The van der Waals surface area contributed by atoms with Gasteiger partial charge in [0.1, 0.15) is 5.75 Å². The molecule has 2 rings (SSSR count). The van der Waals surface area contributed by atoms with Crippen molar-refractivity contribution >= 4 is 0 Å². The van der Waals surface area contributed by atoms with E-state index in [4.69, 9.17) is 4.74 Å². The highest BCUT2D eigenvalue weighted by Crippen LogP contribution is 2.32. The fourth-order valence-electron chi connectivity index (χ4n) is 2.27. The number of aliphatic hydroxyl groups excluding tert-OH is 1. The number of hydrogen-bond donors (Lipinski definition) is 2. The van der Waals surface area contributed by atoms with Gasteiger partial charge in [0, 0.05) is 31.0 Å². The number of hydrogen-bond acceptors (Lipinski definition) is 3. The summed E-state index contributed by atoms with van der Waals surface area (Å²) < 4.78 is 5.65. The van der Waals surface area contributed by atoms with Gasteiger partial charge in [-0.15, -0.1) is 0 Å². The third-order valence-electron chi connectivity index (χ3n) is 3.51. The van der Waals surface area contributed by atoms with E-state index in [0.717, 1.165) is 31.9 Å². The molecule has 100 valence electrons. The Morgan fingerprint density at radius 3 is 2.94 bits per heavy atom. The van der Waals surface area contributed by atoms with E-state index in [-0.39, 0.29) is 12.0 Å². The summed E-state index contributed by atoms with van der Waals surface area (Å²) >= 11 is 0. The quantitative estimate of drug-likeness (QED) is 0.840. The summed E-state index contributed by atoms with van der Waals surface area (Å²) in [5, 5.41) is 12.7. The maximum atomic E-state index is 9.23. The summed E-state index contributed by atoms with van der Waals surface area (Å²) in [7, 11) is 0. The molecule has 0 fully saturated rings. The summed E-state index contributed by atoms with van der Waals surface area (Å²) in [6.45, 7) is 6.93. The Bertz CT molecular complexity index is 390. The normalized spacial score (nSPS) is 19.2. The number of rotatable bonds is 5. The van der Waals surface area contributed by atoms with Crippen LogP contribution in [-0.4, -0.2) is 31.4 Å². The van der Waals surface area contributed by atoms with Gasteiger partial charge in [-0.25, -0.2) is 0 Å². The van der Waals surface area contributed by atoms with Gasteiger partial charge in [0.05, 0.1) is 6.61 Å². The number of ether oxygens (including phenoxy) is 1. The van der Waals surface area contributed by atoms with Gasteiger partial charge in [0.2, 0.25) is 0 Å². The molecule has 1 aromatic rings. The van der Waals surface area contributed by atoms with Crippen molar-refractivity contribution in [3.05, 3.63) is 29.8 Å². The van der Waals surface area contributed by atoms with Crippen LogP contribution in [-0.2, 0) is 0 Å². The van der Waals surface area contributed by atoms with Gasteiger partial charge >= 0.3 is 0 Å². The second-order valence-electron chi connectivity index (χ2n) is 5.83. The molecule has 1 aliphatic rings. The van der Waals surface area contributed by atoms with Gasteiger partial charge in [0.25, 0.3) is 0 Å². The van der Waals surface area contributed by atoms with Gasteiger partial charge in [-0.2, -0.15) is 0 Å². The first-order valence-electron chi connectivity index (χ1n) is 6.66. The number of benzene rings is 1. The van der Waals surface area contributed by atoms with Crippen molar-refractivity contribution in [2.24, 2.45) is 5.41 Å². The molecule has 3 nitrogen and oxygen atoms in total. The van der Waals surface area contributed by atoms with E-state index in [1.165, 1.54) is 5.56 Å².